The summed E-state index contributed by atoms with van der Waals surface area (Å²) in [5.74, 6) is 2.32. The molecule has 0 saturated heterocycles. The molecule has 0 radical (unpaired) electrons. The van der Waals surface area contributed by atoms with Gasteiger partial charge in [-0.1, -0.05) is 20.3 Å². The van der Waals surface area contributed by atoms with Crippen LogP contribution in [0.5, 0.6) is 0 Å². The summed E-state index contributed by atoms with van der Waals surface area (Å²) in [5.41, 5.74) is 0. The first-order valence-corrected chi connectivity index (χ1v) is 7.43. The third kappa shape index (κ3) is 5.49. The Morgan fingerprint density at radius 3 is 2.11 bits per heavy atom. The van der Waals surface area contributed by atoms with E-state index < -0.39 is 8.09 Å². The van der Waals surface area contributed by atoms with Crippen LogP contribution < -0.4 is 0 Å². The highest BCUT2D eigenvalue weighted by Gasteiger charge is 2.08. The van der Waals surface area contributed by atoms with Gasteiger partial charge in [0.25, 0.3) is 0 Å². The van der Waals surface area contributed by atoms with E-state index in [1.54, 1.807) is 0 Å². The highest BCUT2D eigenvalue weighted by molar-refractivity contribution is 9.17. The van der Waals surface area contributed by atoms with E-state index in [9.17, 15) is 0 Å². The summed E-state index contributed by atoms with van der Waals surface area (Å²) in [5, 5.41) is 0. The van der Waals surface area contributed by atoms with Crippen LogP contribution in [0.1, 0.15) is 26.7 Å². The van der Waals surface area contributed by atoms with E-state index >= 15 is 0 Å². The molecule has 58 valence electrons. The summed E-state index contributed by atoms with van der Waals surface area (Å²) in [6.45, 7) is 4.36. The first-order valence-electron chi connectivity index (χ1n) is 3.36. The number of unbranched alkanes of at least 4 members (excludes halogenated alkanes) is 1. The number of rotatable bonds is 4. The molecule has 9 heavy (non-hydrogen) atoms. The van der Waals surface area contributed by atoms with Crippen LogP contribution in [-0.2, 0) is 0 Å². The molecule has 0 aromatic heterocycles. The van der Waals surface area contributed by atoms with Crippen molar-refractivity contribution in [1.29, 1.82) is 0 Å². The van der Waals surface area contributed by atoms with Crippen LogP contribution in [0.3, 0.4) is 0 Å². The van der Waals surface area contributed by atoms with Crippen molar-refractivity contribution in [3.63, 3.8) is 0 Å². The molecule has 0 aliphatic carbocycles. The lowest BCUT2D eigenvalue weighted by Gasteiger charge is -2.25. The summed E-state index contributed by atoms with van der Waals surface area (Å²) in [6.07, 6.45) is 2.53. The summed E-state index contributed by atoms with van der Waals surface area (Å²) in [6, 6.07) is 0. The molecule has 0 aliphatic rings. The predicted molar refractivity (Wildman–Crippen MR) is 55.9 cm³/mol. The lowest BCUT2D eigenvalue weighted by atomic mass is 10.4. The van der Waals surface area contributed by atoms with E-state index in [0.29, 0.717) is 0 Å². The Labute approximate surface area is 69.7 Å². The quantitative estimate of drug-likeness (QED) is 0.486. The maximum atomic E-state index is 4.47. The van der Waals surface area contributed by atoms with Crippen LogP contribution in [0.15, 0.2) is 0 Å². The fourth-order valence-corrected chi connectivity index (χ4v) is 2.33. The first kappa shape index (κ1) is 10.0. The second-order valence-electron chi connectivity index (χ2n) is 2.15. The van der Waals surface area contributed by atoms with Gasteiger partial charge in [-0.3, -0.25) is 0 Å². The van der Waals surface area contributed by atoms with E-state index in [0.717, 1.165) is 5.75 Å². The zero-order valence-corrected chi connectivity index (χ0v) is 8.74. The lowest BCUT2D eigenvalue weighted by molar-refractivity contribution is 0.895. The highest BCUT2D eigenvalue weighted by atomic mass is 33.5. The monoisotopic (exact) mass is 184 g/mol. The van der Waals surface area contributed by atoms with Gasteiger partial charge in [-0.05, 0) is 17.9 Å². The molecule has 0 heterocycles. The molecule has 0 rings (SSSR count). The van der Waals surface area contributed by atoms with Crippen LogP contribution in [0.2, 0.25) is 0 Å². The molecule has 0 amide bonds. The maximum absolute atomic E-state index is 4.47. The fourth-order valence-electron chi connectivity index (χ4n) is 0.520. The average Bonchev–Trinajstić information content (AvgIpc) is 1.84. The molecule has 0 spiro atoms. The van der Waals surface area contributed by atoms with Crippen LogP contribution >= 0.6 is 31.4 Å². The molecule has 0 aliphatic heterocycles. The highest BCUT2D eigenvalue weighted by Crippen LogP contribution is 2.57. The fraction of sp³-hybridized carbons (Fsp3) is 1.00. The van der Waals surface area contributed by atoms with Gasteiger partial charge in [-0.15, -0.1) is 31.4 Å². The molecule has 0 aromatic carbocycles. The normalized spacial score (nSPS) is 13.8. The van der Waals surface area contributed by atoms with Gasteiger partial charge in [0, 0.05) is 0 Å². The van der Waals surface area contributed by atoms with Gasteiger partial charge in [0.2, 0.25) is 0 Å². The van der Waals surface area contributed by atoms with E-state index in [1.807, 2.05) is 0 Å². The first-order chi connectivity index (χ1) is 4.12. The molecule has 0 N–H and O–H groups in total. The molecule has 3 heteroatoms. The smallest absolute Gasteiger partial charge is 0.00580 e. The Bertz CT molecular complexity index is 70.7. The zero-order chi connectivity index (χ0) is 7.33. The van der Waals surface area contributed by atoms with E-state index in [1.165, 1.54) is 18.6 Å². The van der Waals surface area contributed by atoms with Gasteiger partial charge in [0.05, 0.1) is 0 Å². The summed E-state index contributed by atoms with van der Waals surface area (Å²) in [7, 11) is -0.793. The summed E-state index contributed by atoms with van der Waals surface area (Å²) >= 11 is 8.94. The van der Waals surface area contributed by atoms with Crippen LogP contribution in [0.4, 0.5) is 0 Å². The zero-order valence-electron chi connectivity index (χ0n) is 6.13. The standard InChI is InChI=1S/C6H16S3/c1-3-5-6-9(7,8)4-2/h7-8H,3-6H2,1-2H3. The van der Waals surface area contributed by atoms with Crippen LogP contribution in [-0.4, -0.2) is 11.5 Å². The van der Waals surface area contributed by atoms with Crippen LogP contribution in [0, 0.1) is 0 Å². The summed E-state index contributed by atoms with van der Waals surface area (Å²) in [4.78, 5) is 0. The largest absolute Gasteiger partial charge is 0.150 e. The minimum atomic E-state index is -0.793. The van der Waals surface area contributed by atoms with Gasteiger partial charge in [0.1, 0.15) is 0 Å². The topological polar surface area (TPSA) is 0 Å². The van der Waals surface area contributed by atoms with Gasteiger partial charge in [0.15, 0.2) is 0 Å². The predicted octanol–water partition coefficient (Wildman–Crippen LogP) is 3.30. The SMILES string of the molecule is CCCCS(S)(S)CC. The van der Waals surface area contributed by atoms with Gasteiger partial charge in [-0.25, -0.2) is 0 Å². The molecule has 0 bridgehead atoms. The third-order valence-electron chi connectivity index (χ3n) is 1.29. The molecular weight excluding hydrogens is 168 g/mol. The number of thiol groups is 2. The molecular formula is C6H16S3. The van der Waals surface area contributed by atoms with Crippen LogP contribution in [0.25, 0.3) is 0 Å². The van der Waals surface area contributed by atoms with E-state index in [-0.39, 0.29) is 0 Å². The summed E-state index contributed by atoms with van der Waals surface area (Å²) < 4.78 is 0. The molecule has 0 nitrogen and oxygen atoms in total. The average molecular weight is 184 g/mol. The van der Waals surface area contributed by atoms with E-state index in [2.05, 4.69) is 37.2 Å². The number of hydrogen-bond donors (Lipinski definition) is 2. The lowest BCUT2D eigenvalue weighted by Crippen LogP contribution is -1.92. The Morgan fingerprint density at radius 2 is 1.78 bits per heavy atom. The molecule has 0 fully saturated rings. The Morgan fingerprint density at radius 1 is 1.22 bits per heavy atom. The van der Waals surface area contributed by atoms with Gasteiger partial charge < -0.3 is 0 Å². The van der Waals surface area contributed by atoms with Gasteiger partial charge in [-0.2, -0.15) is 0 Å². The Hall–Kier alpha value is 1.05. The molecule has 0 saturated carbocycles. The minimum absolute atomic E-state index is 0.793. The molecule has 0 aromatic rings. The minimum Gasteiger partial charge on any atom is -0.150 e. The van der Waals surface area contributed by atoms with Crippen molar-refractivity contribution in [1.82, 2.24) is 0 Å². The van der Waals surface area contributed by atoms with Crippen molar-refractivity contribution in [2.75, 3.05) is 11.5 Å². The van der Waals surface area contributed by atoms with Crippen molar-refractivity contribution >= 4 is 31.4 Å². The number of hydrogen-bond acceptors (Lipinski definition) is 2. The van der Waals surface area contributed by atoms with Crippen molar-refractivity contribution < 1.29 is 0 Å². The van der Waals surface area contributed by atoms with Crippen molar-refractivity contribution in [3.05, 3.63) is 0 Å². The second kappa shape index (κ2) is 4.80. The third-order valence-corrected chi connectivity index (χ3v) is 5.80. The second-order valence-corrected chi connectivity index (χ2v) is 9.80. The Balaban J connectivity index is 3.33. The van der Waals surface area contributed by atoms with Crippen molar-refractivity contribution in [3.8, 4) is 0 Å². The van der Waals surface area contributed by atoms with Crippen molar-refractivity contribution in [2.45, 2.75) is 26.7 Å². The Kier molecular flexibility index (Phi) is 5.36. The van der Waals surface area contributed by atoms with Gasteiger partial charge >= 0.3 is 0 Å². The van der Waals surface area contributed by atoms with Crippen molar-refractivity contribution in [2.24, 2.45) is 0 Å². The maximum Gasteiger partial charge on any atom is -0.00580 e. The molecule has 0 atom stereocenters. The molecule has 0 unspecified atom stereocenters. The van der Waals surface area contributed by atoms with E-state index in [4.69, 9.17) is 0 Å².